The average Bonchev–Trinajstić information content (AvgIpc) is 3.59. The van der Waals surface area contributed by atoms with Crippen LogP contribution in [0.3, 0.4) is 0 Å². The van der Waals surface area contributed by atoms with Crippen LogP contribution in [0.25, 0.3) is 0 Å². The lowest BCUT2D eigenvalue weighted by Crippen LogP contribution is -2.54. The molecule has 1 N–H and O–H groups in total. The molecule has 246 valence electrons. The van der Waals surface area contributed by atoms with Crippen molar-refractivity contribution >= 4 is 43.5 Å². The summed E-state index contributed by atoms with van der Waals surface area (Å²) in [7, 11) is -2.61. The molecule has 1 aliphatic carbocycles. The van der Waals surface area contributed by atoms with Crippen LogP contribution in [-0.4, -0.2) is 50.9 Å². The molecule has 1 saturated carbocycles. The molecule has 47 heavy (non-hydrogen) atoms. The maximum Gasteiger partial charge on any atom is 0.264 e. The van der Waals surface area contributed by atoms with Gasteiger partial charge in [-0.15, -0.1) is 0 Å². The second-order valence-electron chi connectivity index (χ2n) is 11.9. The highest BCUT2D eigenvalue weighted by molar-refractivity contribution is 9.10. The number of rotatable bonds is 13. The third kappa shape index (κ3) is 8.81. The number of anilines is 1. The molecule has 0 saturated heterocycles. The van der Waals surface area contributed by atoms with E-state index in [9.17, 15) is 18.0 Å². The first-order chi connectivity index (χ1) is 22.6. The SMILES string of the molecule is COc1cccc(CN(C(=O)CN(c2cccc(Br)c2)S(=O)(=O)c2ccc(C)cc2)C(Cc2ccccc2)C(=O)NC2CCCC2)c1. The Morgan fingerprint density at radius 2 is 1.57 bits per heavy atom. The van der Waals surface area contributed by atoms with Crippen LogP contribution in [0.2, 0.25) is 0 Å². The maximum atomic E-state index is 14.7. The maximum absolute atomic E-state index is 14.7. The van der Waals surface area contributed by atoms with Gasteiger partial charge in [-0.2, -0.15) is 0 Å². The predicted molar refractivity (Wildman–Crippen MR) is 188 cm³/mol. The Bertz CT molecular complexity index is 1780. The highest BCUT2D eigenvalue weighted by Gasteiger charge is 2.35. The van der Waals surface area contributed by atoms with Crippen molar-refractivity contribution in [2.45, 2.75) is 62.6 Å². The Labute approximate surface area is 285 Å². The summed E-state index contributed by atoms with van der Waals surface area (Å²) >= 11 is 3.46. The first-order valence-electron chi connectivity index (χ1n) is 15.8. The number of ether oxygens (including phenoxy) is 1. The molecule has 0 heterocycles. The van der Waals surface area contributed by atoms with Crippen molar-refractivity contribution < 1.29 is 22.7 Å². The summed E-state index contributed by atoms with van der Waals surface area (Å²) in [5, 5.41) is 3.20. The van der Waals surface area contributed by atoms with Crippen molar-refractivity contribution in [2.75, 3.05) is 18.0 Å². The molecule has 0 aromatic heterocycles. The summed E-state index contributed by atoms with van der Waals surface area (Å²) < 4.78 is 35.7. The Balaban J connectivity index is 1.57. The first kappa shape index (κ1) is 34.2. The zero-order valence-corrected chi connectivity index (χ0v) is 29.0. The van der Waals surface area contributed by atoms with E-state index < -0.39 is 28.5 Å². The van der Waals surface area contributed by atoms with Gasteiger partial charge in [-0.25, -0.2) is 8.42 Å². The second kappa shape index (κ2) is 15.6. The second-order valence-corrected chi connectivity index (χ2v) is 14.7. The molecular weight excluding hydrogens is 678 g/mol. The zero-order valence-electron chi connectivity index (χ0n) is 26.6. The summed E-state index contributed by atoms with van der Waals surface area (Å²) in [5.74, 6) is -0.152. The molecule has 10 heteroatoms. The topological polar surface area (TPSA) is 96.0 Å². The van der Waals surface area contributed by atoms with Gasteiger partial charge in [-0.05, 0) is 73.4 Å². The van der Waals surface area contributed by atoms with Crippen LogP contribution in [-0.2, 0) is 32.6 Å². The van der Waals surface area contributed by atoms with E-state index in [1.54, 1.807) is 55.6 Å². The van der Waals surface area contributed by atoms with Crippen LogP contribution in [0.15, 0.2) is 112 Å². The number of sulfonamides is 1. The first-order valence-corrected chi connectivity index (χ1v) is 18.0. The molecule has 1 unspecified atom stereocenters. The monoisotopic (exact) mass is 717 g/mol. The zero-order chi connectivity index (χ0) is 33.4. The number of nitrogens with one attached hydrogen (secondary N) is 1. The van der Waals surface area contributed by atoms with E-state index in [-0.39, 0.29) is 29.8 Å². The number of methoxy groups -OCH3 is 1. The fourth-order valence-corrected chi connectivity index (χ4v) is 7.68. The largest absolute Gasteiger partial charge is 0.497 e. The lowest BCUT2D eigenvalue weighted by atomic mass is 10.0. The van der Waals surface area contributed by atoms with Crippen LogP contribution >= 0.6 is 15.9 Å². The molecule has 5 rings (SSSR count). The lowest BCUT2D eigenvalue weighted by Gasteiger charge is -2.34. The normalized spacial score (nSPS) is 13.9. The van der Waals surface area contributed by atoms with Gasteiger partial charge in [-0.3, -0.25) is 13.9 Å². The van der Waals surface area contributed by atoms with Gasteiger partial charge in [0.05, 0.1) is 17.7 Å². The number of carbonyl (C=O) groups is 2. The quantitative estimate of drug-likeness (QED) is 0.167. The highest BCUT2D eigenvalue weighted by atomic mass is 79.9. The number of hydrogen-bond donors (Lipinski definition) is 1. The molecule has 2 amide bonds. The van der Waals surface area contributed by atoms with E-state index in [4.69, 9.17) is 4.74 Å². The minimum atomic E-state index is -4.18. The van der Waals surface area contributed by atoms with Gasteiger partial charge in [0.2, 0.25) is 11.8 Å². The van der Waals surface area contributed by atoms with Gasteiger partial charge in [0.15, 0.2) is 0 Å². The van der Waals surface area contributed by atoms with Crippen molar-refractivity contribution in [2.24, 2.45) is 0 Å². The highest BCUT2D eigenvalue weighted by Crippen LogP contribution is 2.28. The summed E-state index contributed by atoms with van der Waals surface area (Å²) in [6.45, 7) is 1.44. The summed E-state index contributed by atoms with van der Waals surface area (Å²) in [6, 6.07) is 29.4. The molecule has 0 bridgehead atoms. The number of halogens is 1. The molecule has 8 nitrogen and oxygen atoms in total. The lowest BCUT2D eigenvalue weighted by molar-refractivity contribution is -0.140. The standard InChI is InChI=1S/C37H40BrN3O5S/c1-27-18-20-34(21-19-27)47(44,45)41(32-16-9-13-30(38)24-32)26-36(42)40(25-29-12-8-17-33(22-29)46-2)35(23-28-10-4-3-5-11-28)37(43)39-31-14-6-7-15-31/h3-5,8-13,16-22,24,31,35H,6-7,14-15,23,25-26H2,1-2H3,(H,39,43). The van der Waals surface area contributed by atoms with E-state index in [0.717, 1.165) is 46.7 Å². The smallest absolute Gasteiger partial charge is 0.264 e. The van der Waals surface area contributed by atoms with Crippen molar-refractivity contribution in [3.05, 3.63) is 124 Å². The third-order valence-corrected chi connectivity index (χ3v) is 10.7. The Morgan fingerprint density at radius 3 is 2.26 bits per heavy atom. The van der Waals surface area contributed by atoms with Gasteiger partial charge in [-0.1, -0.05) is 95.0 Å². The van der Waals surface area contributed by atoms with Crippen LogP contribution < -0.4 is 14.4 Å². The van der Waals surface area contributed by atoms with E-state index in [1.807, 2.05) is 61.5 Å². The number of hydrogen-bond acceptors (Lipinski definition) is 5. The molecular formula is C37H40BrN3O5S. The van der Waals surface area contributed by atoms with Crippen molar-refractivity contribution in [1.29, 1.82) is 0 Å². The number of aryl methyl sites for hydroxylation is 1. The van der Waals surface area contributed by atoms with Gasteiger partial charge >= 0.3 is 0 Å². The van der Waals surface area contributed by atoms with E-state index in [2.05, 4.69) is 21.2 Å². The molecule has 0 spiro atoms. The molecule has 0 radical (unpaired) electrons. The van der Waals surface area contributed by atoms with Crippen LogP contribution in [0.1, 0.15) is 42.4 Å². The predicted octanol–water partition coefficient (Wildman–Crippen LogP) is 6.66. The number of benzene rings is 4. The Morgan fingerprint density at radius 1 is 0.894 bits per heavy atom. The van der Waals surface area contributed by atoms with Gasteiger partial charge in [0.25, 0.3) is 10.0 Å². The third-order valence-electron chi connectivity index (χ3n) is 8.44. The van der Waals surface area contributed by atoms with Gasteiger partial charge < -0.3 is 15.0 Å². The van der Waals surface area contributed by atoms with Crippen LogP contribution in [0, 0.1) is 6.92 Å². The van der Waals surface area contributed by atoms with Gasteiger partial charge in [0, 0.05) is 23.5 Å². The molecule has 4 aromatic rings. The van der Waals surface area contributed by atoms with Crippen molar-refractivity contribution in [1.82, 2.24) is 10.2 Å². The minimum Gasteiger partial charge on any atom is -0.497 e. The van der Waals surface area contributed by atoms with Crippen molar-refractivity contribution in [3.63, 3.8) is 0 Å². The molecule has 1 aliphatic rings. The van der Waals surface area contributed by atoms with E-state index >= 15 is 0 Å². The average molecular weight is 719 g/mol. The summed E-state index contributed by atoms with van der Waals surface area (Å²) in [5.41, 5.74) is 2.87. The summed E-state index contributed by atoms with van der Waals surface area (Å²) in [4.78, 5) is 30.4. The summed E-state index contributed by atoms with van der Waals surface area (Å²) in [6.07, 6.45) is 4.12. The van der Waals surface area contributed by atoms with Crippen molar-refractivity contribution in [3.8, 4) is 5.75 Å². The number of carbonyl (C=O) groups excluding carboxylic acids is 2. The van der Waals surface area contributed by atoms with Crippen LogP contribution in [0.5, 0.6) is 5.75 Å². The number of amides is 2. The van der Waals surface area contributed by atoms with E-state index in [0.29, 0.717) is 15.9 Å². The Kier molecular flexibility index (Phi) is 11.4. The molecule has 1 fully saturated rings. The van der Waals surface area contributed by atoms with Gasteiger partial charge in [0.1, 0.15) is 18.3 Å². The van der Waals surface area contributed by atoms with E-state index in [1.165, 1.54) is 4.90 Å². The fourth-order valence-electron chi connectivity index (χ4n) is 5.89. The molecule has 1 atom stereocenters. The number of nitrogens with zero attached hydrogens (tertiary/aromatic N) is 2. The minimum absolute atomic E-state index is 0.0367. The molecule has 4 aromatic carbocycles. The molecule has 0 aliphatic heterocycles. The van der Waals surface area contributed by atoms with Crippen LogP contribution in [0.4, 0.5) is 5.69 Å². The fraction of sp³-hybridized carbons (Fsp3) is 0.297. The Hall–Kier alpha value is -4.15.